The summed E-state index contributed by atoms with van der Waals surface area (Å²) in [4.78, 5) is 22.0. The van der Waals surface area contributed by atoms with Gasteiger partial charge in [0.2, 0.25) is 12.7 Å². The number of aliphatic hydroxyl groups excluding tert-OH is 1. The number of nitrogens with zero attached hydrogens (tertiary/aromatic N) is 3. The number of carbonyl (C=O) groups excluding carboxylic acids is 1. The molecule has 1 aromatic heterocycles. The molecule has 0 aliphatic carbocycles. The van der Waals surface area contributed by atoms with Gasteiger partial charge in [0, 0.05) is 43.7 Å². The number of aromatic nitrogens is 1. The van der Waals surface area contributed by atoms with Gasteiger partial charge >= 0.3 is 0 Å². The van der Waals surface area contributed by atoms with Crippen LogP contribution in [0.1, 0.15) is 55.6 Å². The fraction of sp³-hybridized carbons (Fsp3) is 0.517. The summed E-state index contributed by atoms with van der Waals surface area (Å²) in [6.45, 7) is 10.1. The molecule has 0 spiro atoms. The van der Waals surface area contributed by atoms with Crippen molar-refractivity contribution in [2.45, 2.75) is 52.8 Å². The molecule has 8 nitrogen and oxygen atoms in total. The molecule has 4 rings (SSSR count). The molecule has 1 amide bonds. The van der Waals surface area contributed by atoms with Gasteiger partial charge in [0.15, 0.2) is 11.5 Å². The van der Waals surface area contributed by atoms with Crippen molar-refractivity contribution in [2.24, 2.45) is 11.8 Å². The predicted molar refractivity (Wildman–Crippen MR) is 141 cm³/mol. The Kier molecular flexibility index (Phi) is 8.57. The minimum atomic E-state index is -0.330. The monoisotopic (exact) mass is 507 g/mol. The first-order valence-corrected chi connectivity index (χ1v) is 12.9. The normalized spacial score (nSPS) is 19.6. The lowest BCUT2D eigenvalue weighted by Gasteiger charge is -2.37. The van der Waals surface area contributed by atoms with Gasteiger partial charge in [-0.05, 0) is 43.7 Å². The first kappa shape index (κ1) is 26.8. The standard InChI is InChI=1S/C29H37N3O5/c1-19(2)7-6-8-22-11-24-28(30-13-22)37-27(20(3)14-32(29(24)34)21(4)17-33)16-31(5)15-23-9-10-25-26(12-23)36-18-35-25/h9-13,19-21,27,33H,7,14-18H2,1-5H3/t20-,21+,27-/m0/s1. The third-order valence-electron chi connectivity index (χ3n) is 6.65. The number of rotatable bonds is 7. The highest BCUT2D eigenvalue weighted by atomic mass is 16.7. The Morgan fingerprint density at radius 3 is 2.76 bits per heavy atom. The molecule has 0 saturated heterocycles. The second-order valence-electron chi connectivity index (χ2n) is 10.5. The molecular weight excluding hydrogens is 470 g/mol. The molecule has 2 aliphatic rings. The van der Waals surface area contributed by atoms with Crippen molar-refractivity contribution in [3.63, 3.8) is 0 Å². The highest BCUT2D eigenvalue weighted by molar-refractivity contribution is 5.97. The lowest BCUT2D eigenvalue weighted by molar-refractivity contribution is 0.0325. The molecule has 0 radical (unpaired) electrons. The molecule has 37 heavy (non-hydrogen) atoms. The number of fused-ring (bicyclic) bond motifs is 2. The van der Waals surface area contributed by atoms with Crippen molar-refractivity contribution in [2.75, 3.05) is 33.5 Å². The van der Waals surface area contributed by atoms with E-state index in [0.29, 0.717) is 42.6 Å². The molecule has 3 atom stereocenters. The van der Waals surface area contributed by atoms with Crippen molar-refractivity contribution in [3.8, 4) is 29.2 Å². The molecule has 0 bridgehead atoms. The maximum Gasteiger partial charge on any atom is 0.259 e. The zero-order chi connectivity index (χ0) is 26.5. The maximum absolute atomic E-state index is 13.5. The summed E-state index contributed by atoms with van der Waals surface area (Å²) in [7, 11) is 2.04. The zero-order valence-electron chi connectivity index (χ0n) is 22.4. The van der Waals surface area contributed by atoms with Crippen LogP contribution in [0.25, 0.3) is 0 Å². The predicted octanol–water partition coefficient (Wildman–Crippen LogP) is 3.56. The van der Waals surface area contributed by atoms with E-state index >= 15 is 0 Å². The molecule has 1 aromatic carbocycles. The minimum absolute atomic E-state index is 0.0117. The summed E-state index contributed by atoms with van der Waals surface area (Å²) >= 11 is 0. The molecule has 2 aromatic rings. The van der Waals surface area contributed by atoms with Gasteiger partial charge in [-0.25, -0.2) is 4.98 Å². The average molecular weight is 508 g/mol. The van der Waals surface area contributed by atoms with Gasteiger partial charge in [-0.15, -0.1) is 0 Å². The second kappa shape index (κ2) is 11.8. The van der Waals surface area contributed by atoms with Crippen LogP contribution in [0.4, 0.5) is 0 Å². The number of hydrogen-bond donors (Lipinski definition) is 1. The van der Waals surface area contributed by atoms with E-state index in [-0.39, 0.29) is 37.4 Å². The number of hydrogen-bond acceptors (Lipinski definition) is 7. The Morgan fingerprint density at radius 2 is 2.00 bits per heavy atom. The fourth-order valence-electron chi connectivity index (χ4n) is 4.47. The first-order valence-electron chi connectivity index (χ1n) is 12.9. The highest BCUT2D eigenvalue weighted by Crippen LogP contribution is 2.33. The van der Waals surface area contributed by atoms with Crippen LogP contribution in [0.2, 0.25) is 0 Å². The molecule has 3 heterocycles. The number of aliphatic hydroxyl groups is 1. The molecule has 0 saturated carbocycles. The number of amides is 1. The largest absolute Gasteiger partial charge is 0.472 e. The summed E-state index contributed by atoms with van der Waals surface area (Å²) < 4.78 is 17.3. The van der Waals surface area contributed by atoms with E-state index in [9.17, 15) is 9.90 Å². The quantitative estimate of drug-likeness (QED) is 0.574. The van der Waals surface area contributed by atoms with E-state index in [4.69, 9.17) is 14.2 Å². The van der Waals surface area contributed by atoms with Gasteiger partial charge in [-0.2, -0.15) is 0 Å². The van der Waals surface area contributed by atoms with Crippen LogP contribution in [-0.2, 0) is 6.54 Å². The number of pyridine rings is 1. The summed E-state index contributed by atoms with van der Waals surface area (Å²) in [5.74, 6) is 8.39. The second-order valence-corrected chi connectivity index (χ2v) is 10.5. The average Bonchev–Trinajstić information content (AvgIpc) is 3.33. The molecule has 0 fully saturated rings. The first-order chi connectivity index (χ1) is 17.7. The van der Waals surface area contributed by atoms with Crippen molar-refractivity contribution in [1.82, 2.24) is 14.8 Å². The molecule has 1 N–H and O–H groups in total. The van der Waals surface area contributed by atoms with Crippen LogP contribution >= 0.6 is 0 Å². The topological polar surface area (TPSA) is 84.4 Å². The SMILES string of the molecule is CC(C)CC#Cc1cnc2c(c1)C(=O)N([C@H](C)CO)C[C@H](C)[C@H](CN(C)Cc1ccc3c(c1)OCO3)O2. The van der Waals surface area contributed by atoms with Crippen molar-refractivity contribution < 1.29 is 24.1 Å². The van der Waals surface area contributed by atoms with Gasteiger partial charge in [-0.3, -0.25) is 9.69 Å². The van der Waals surface area contributed by atoms with Crippen molar-refractivity contribution in [1.29, 1.82) is 0 Å². The van der Waals surface area contributed by atoms with Crippen LogP contribution in [-0.4, -0.2) is 71.5 Å². The Bertz CT molecular complexity index is 1170. The fourth-order valence-corrected chi connectivity index (χ4v) is 4.47. The van der Waals surface area contributed by atoms with E-state index in [1.165, 1.54) is 0 Å². The Balaban J connectivity index is 1.57. The molecule has 198 valence electrons. The third-order valence-corrected chi connectivity index (χ3v) is 6.65. The van der Waals surface area contributed by atoms with E-state index < -0.39 is 0 Å². The van der Waals surface area contributed by atoms with Crippen LogP contribution in [0, 0.1) is 23.7 Å². The van der Waals surface area contributed by atoms with Gasteiger partial charge in [0.05, 0.1) is 12.6 Å². The lowest BCUT2D eigenvalue weighted by Crippen LogP contribution is -2.49. The number of benzene rings is 1. The van der Waals surface area contributed by atoms with E-state index in [0.717, 1.165) is 23.5 Å². The minimum Gasteiger partial charge on any atom is -0.472 e. The van der Waals surface area contributed by atoms with Gasteiger partial charge < -0.3 is 24.2 Å². The zero-order valence-corrected chi connectivity index (χ0v) is 22.4. The van der Waals surface area contributed by atoms with Crippen LogP contribution < -0.4 is 14.2 Å². The molecule has 2 aliphatic heterocycles. The Morgan fingerprint density at radius 1 is 1.22 bits per heavy atom. The maximum atomic E-state index is 13.5. The smallest absolute Gasteiger partial charge is 0.259 e. The summed E-state index contributed by atoms with van der Waals surface area (Å²) in [5.41, 5.74) is 2.17. The number of carbonyl (C=O) groups is 1. The number of likely N-dealkylation sites (N-methyl/N-ethyl adjacent to an activating group) is 1. The molecule has 8 heteroatoms. The summed E-state index contributed by atoms with van der Waals surface area (Å²) in [6.07, 6.45) is 2.22. The molecule has 0 unspecified atom stereocenters. The molecular formula is C29H37N3O5. The van der Waals surface area contributed by atoms with Crippen LogP contribution in [0.5, 0.6) is 17.4 Å². The van der Waals surface area contributed by atoms with E-state index in [1.54, 1.807) is 17.2 Å². The van der Waals surface area contributed by atoms with Crippen LogP contribution in [0.15, 0.2) is 30.5 Å². The van der Waals surface area contributed by atoms with E-state index in [1.807, 2.05) is 32.2 Å². The lowest BCUT2D eigenvalue weighted by atomic mass is 9.99. The Labute approximate surface area is 219 Å². The number of ether oxygens (including phenoxy) is 3. The Hall–Kier alpha value is -3.28. The van der Waals surface area contributed by atoms with Crippen molar-refractivity contribution in [3.05, 3.63) is 47.2 Å². The highest BCUT2D eigenvalue weighted by Gasteiger charge is 2.34. The van der Waals surface area contributed by atoms with Gasteiger partial charge in [0.1, 0.15) is 11.7 Å². The van der Waals surface area contributed by atoms with Gasteiger partial charge in [0.25, 0.3) is 5.91 Å². The van der Waals surface area contributed by atoms with Crippen LogP contribution in [0.3, 0.4) is 0 Å². The van der Waals surface area contributed by atoms with Crippen molar-refractivity contribution >= 4 is 5.91 Å². The summed E-state index contributed by atoms with van der Waals surface area (Å²) in [6, 6.07) is 7.40. The third kappa shape index (κ3) is 6.54. The van der Waals surface area contributed by atoms with E-state index in [2.05, 4.69) is 42.5 Å². The summed E-state index contributed by atoms with van der Waals surface area (Å²) in [5, 5.41) is 9.88. The van der Waals surface area contributed by atoms with Gasteiger partial charge in [-0.1, -0.05) is 38.7 Å².